The smallest absolute Gasteiger partial charge is 0.256 e. The van der Waals surface area contributed by atoms with Crippen molar-refractivity contribution in [1.29, 1.82) is 0 Å². The first kappa shape index (κ1) is 19.1. The molecule has 1 atom stereocenters. The Morgan fingerprint density at radius 3 is 2.38 bits per heavy atom. The van der Waals surface area contributed by atoms with Gasteiger partial charge in [0.25, 0.3) is 11.5 Å². The minimum atomic E-state index is -1.17. The molecule has 0 fully saturated rings. The number of carbonyl (C=O) groups excluding carboxylic acids is 1. The largest absolute Gasteiger partial charge is 0.373 e. The molecule has 0 spiro atoms. The molecule has 3 aromatic rings. The molecule has 1 aliphatic rings. The van der Waals surface area contributed by atoms with Crippen LogP contribution in [-0.4, -0.2) is 29.4 Å². The number of rotatable bonds is 2. The van der Waals surface area contributed by atoms with Gasteiger partial charge in [-0.3, -0.25) is 9.59 Å². The summed E-state index contributed by atoms with van der Waals surface area (Å²) in [6.07, 6.45) is 0. The van der Waals surface area contributed by atoms with E-state index in [1.54, 1.807) is 0 Å². The van der Waals surface area contributed by atoms with Crippen LogP contribution >= 0.6 is 0 Å². The van der Waals surface area contributed by atoms with Gasteiger partial charge in [0.15, 0.2) is 23.3 Å². The molecule has 1 aromatic heterocycles. The zero-order valence-electron chi connectivity index (χ0n) is 15.1. The summed E-state index contributed by atoms with van der Waals surface area (Å²) >= 11 is 0. The second kappa shape index (κ2) is 7.00. The van der Waals surface area contributed by atoms with Gasteiger partial charge in [-0.05, 0) is 35.7 Å². The van der Waals surface area contributed by atoms with Crippen molar-refractivity contribution in [3.8, 4) is 0 Å². The zero-order valence-corrected chi connectivity index (χ0v) is 15.1. The number of H-pyrrole nitrogens is 1. The number of nitrogens with zero attached hydrogens (tertiary/aromatic N) is 1. The summed E-state index contributed by atoms with van der Waals surface area (Å²) in [5.41, 5.74) is 0.0267. The van der Waals surface area contributed by atoms with Gasteiger partial charge in [-0.25, -0.2) is 17.6 Å². The fraction of sp³-hybridized carbons (Fsp3) is 0.200. The van der Waals surface area contributed by atoms with Crippen molar-refractivity contribution >= 4 is 16.7 Å². The van der Waals surface area contributed by atoms with Gasteiger partial charge in [0, 0.05) is 23.9 Å². The van der Waals surface area contributed by atoms with Crippen molar-refractivity contribution in [2.24, 2.45) is 0 Å². The average Bonchev–Trinajstić information content (AvgIpc) is 2.70. The van der Waals surface area contributed by atoms with Crippen molar-refractivity contribution in [1.82, 2.24) is 9.88 Å². The Hall–Kier alpha value is -3.20. The maximum Gasteiger partial charge on any atom is 0.256 e. The number of halogens is 4. The van der Waals surface area contributed by atoms with Crippen molar-refractivity contribution < 1.29 is 27.1 Å². The second-order valence-electron chi connectivity index (χ2n) is 6.73. The summed E-state index contributed by atoms with van der Waals surface area (Å²) in [6, 6.07) is 3.69. The number of amides is 1. The first-order chi connectivity index (χ1) is 13.8. The fourth-order valence-electron chi connectivity index (χ4n) is 3.52. The van der Waals surface area contributed by atoms with E-state index in [0.717, 1.165) is 30.3 Å². The third-order valence-electron chi connectivity index (χ3n) is 4.99. The number of hydrogen-bond acceptors (Lipinski definition) is 3. The Balaban J connectivity index is 1.84. The molecule has 1 N–H and O–H groups in total. The minimum Gasteiger partial charge on any atom is -0.373 e. The predicted octanol–water partition coefficient (Wildman–Crippen LogP) is 3.43. The first-order valence-corrected chi connectivity index (χ1v) is 8.61. The molecule has 1 aliphatic heterocycles. The highest BCUT2D eigenvalue weighted by molar-refractivity contribution is 5.95. The van der Waals surface area contributed by atoms with Gasteiger partial charge in [0.2, 0.25) is 0 Å². The molecule has 150 valence electrons. The van der Waals surface area contributed by atoms with Crippen LogP contribution in [0.2, 0.25) is 0 Å². The van der Waals surface area contributed by atoms with E-state index in [2.05, 4.69) is 4.98 Å². The zero-order chi connectivity index (χ0) is 20.9. The van der Waals surface area contributed by atoms with E-state index in [9.17, 15) is 27.2 Å². The van der Waals surface area contributed by atoms with E-state index in [4.69, 9.17) is 4.74 Å². The van der Waals surface area contributed by atoms with Crippen LogP contribution in [0, 0.1) is 23.3 Å². The van der Waals surface area contributed by atoms with Crippen LogP contribution in [0.15, 0.2) is 35.1 Å². The molecule has 9 heteroatoms. The third kappa shape index (κ3) is 3.17. The maximum atomic E-state index is 13.9. The molecule has 29 heavy (non-hydrogen) atoms. The van der Waals surface area contributed by atoms with Gasteiger partial charge in [-0.1, -0.05) is 0 Å². The average molecular weight is 406 g/mol. The highest BCUT2D eigenvalue weighted by Gasteiger charge is 2.31. The molecule has 0 unspecified atom stereocenters. The topological polar surface area (TPSA) is 62.4 Å². The van der Waals surface area contributed by atoms with Gasteiger partial charge in [0.1, 0.15) is 0 Å². The Bertz CT molecular complexity index is 1210. The van der Waals surface area contributed by atoms with Crippen LogP contribution in [0.25, 0.3) is 10.8 Å². The van der Waals surface area contributed by atoms with E-state index in [1.165, 1.54) is 11.9 Å². The van der Waals surface area contributed by atoms with Crippen molar-refractivity contribution in [3.05, 3.63) is 80.8 Å². The summed E-state index contributed by atoms with van der Waals surface area (Å²) in [6.45, 7) is 0.0300. The highest BCUT2D eigenvalue weighted by Crippen LogP contribution is 2.34. The van der Waals surface area contributed by atoms with Crippen LogP contribution in [0.5, 0.6) is 0 Å². The molecule has 2 heterocycles. The Kier molecular flexibility index (Phi) is 4.62. The lowest BCUT2D eigenvalue weighted by Crippen LogP contribution is -2.37. The standard InChI is InChI=1S/C20H14F4N2O3/c1-26(20(28)9-2-3-12(21)13(22)4-9)17-8-29-7-16-18(17)10-5-14(23)15(24)6-11(10)19(27)25-16/h2-6,17H,7-8H2,1H3,(H,25,27)/t17-/m1/s1. The first-order valence-electron chi connectivity index (χ1n) is 8.61. The monoisotopic (exact) mass is 406 g/mol. The van der Waals surface area contributed by atoms with Crippen LogP contribution in [0.4, 0.5) is 17.6 Å². The van der Waals surface area contributed by atoms with Gasteiger partial charge >= 0.3 is 0 Å². The molecule has 0 bridgehead atoms. The van der Waals surface area contributed by atoms with Crippen molar-refractivity contribution in [2.45, 2.75) is 12.6 Å². The predicted molar refractivity (Wildman–Crippen MR) is 95.3 cm³/mol. The van der Waals surface area contributed by atoms with Crippen LogP contribution in [0.1, 0.15) is 27.7 Å². The Morgan fingerprint density at radius 2 is 1.69 bits per heavy atom. The molecule has 4 rings (SSSR count). The van der Waals surface area contributed by atoms with Crippen LogP contribution in [-0.2, 0) is 11.3 Å². The highest BCUT2D eigenvalue weighted by atomic mass is 19.2. The number of nitrogens with one attached hydrogen (secondary N) is 1. The lowest BCUT2D eigenvalue weighted by molar-refractivity contribution is 0.0335. The maximum absolute atomic E-state index is 13.9. The fourth-order valence-corrected chi connectivity index (χ4v) is 3.52. The second-order valence-corrected chi connectivity index (χ2v) is 6.73. The third-order valence-corrected chi connectivity index (χ3v) is 4.99. The van der Waals surface area contributed by atoms with Gasteiger partial charge in [0.05, 0.1) is 24.6 Å². The summed E-state index contributed by atoms with van der Waals surface area (Å²) < 4.78 is 59.7. The van der Waals surface area contributed by atoms with Crippen molar-refractivity contribution in [3.63, 3.8) is 0 Å². The number of likely N-dealkylation sites (N-methyl/N-ethyl adjacent to an activating group) is 1. The van der Waals surface area contributed by atoms with E-state index in [0.29, 0.717) is 11.3 Å². The van der Waals surface area contributed by atoms with E-state index in [1.807, 2.05) is 0 Å². The van der Waals surface area contributed by atoms with E-state index in [-0.39, 0.29) is 29.5 Å². The molecule has 0 saturated carbocycles. The SMILES string of the molecule is CN(C(=O)c1ccc(F)c(F)c1)[C@@H]1COCc2[nH]c(=O)c3cc(F)c(F)cc3c21. The lowest BCUT2D eigenvalue weighted by atomic mass is 9.95. The number of benzene rings is 2. The normalized spacial score (nSPS) is 16.0. The van der Waals surface area contributed by atoms with E-state index < -0.39 is 40.8 Å². The summed E-state index contributed by atoms with van der Waals surface area (Å²) in [5, 5.41) is 0.0871. The van der Waals surface area contributed by atoms with Crippen LogP contribution in [0.3, 0.4) is 0 Å². The number of fused-ring (bicyclic) bond motifs is 3. The molecule has 0 aliphatic carbocycles. The summed E-state index contributed by atoms with van der Waals surface area (Å²) in [4.78, 5) is 28.9. The minimum absolute atomic E-state index is 0.0130. The molecule has 2 aromatic carbocycles. The number of aromatic nitrogens is 1. The summed E-state index contributed by atoms with van der Waals surface area (Å²) in [5.74, 6) is -5.19. The number of aromatic amines is 1. The van der Waals surface area contributed by atoms with Crippen LogP contribution < -0.4 is 5.56 Å². The molecule has 0 radical (unpaired) electrons. The van der Waals surface area contributed by atoms with Gasteiger partial charge < -0.3 is 14.6 Å². The molecular formula is C20H14F4N2O3. The number of carbonyl (C=O) groups is 1. The Labute approximate surface area is 161 Å². The molecule has 0 saturated heterocycles. The quantitative estimate of drug-likeness (QED) is 0.664. The number of hydrogen-bond donors (Lipinski definition) is 1. The lowest BCUT2D eigenvalue weighted by Gasteiger charge is -2.34. The Morgan fingerprint density at radius 1 is 1.03 bits per heavy atom. The molecule has 1 amide bonds. The van der Waals surface area contributed by atoms with Gasteiger partial charge in [-0.15, -0.1) is 0 Å². The van der Waals surface area contributed by atoms with E-state index >= 15 is 0 Å². The van der Waals surface area contributed by atoms with Gasteiger partial charge in [-0.2, -0.15) is 0 Å². The molecule has 5 nitrogen and oxygen atoms in total. The number of pyridine rings is 1. The summed E-state index contributed by atoms with van der Waals surface area (Å²) in [7, 11) is 1.42. The molecular weight excluding hydrogens is 392 g/mol. The number of ether oxygens (including phenoxy) is 1. The van der Waals surface area contributed by atoms with Crippen molar-refractivity contribution in [2.75, 3.05) is 13.7 Å².